The van der Waals surface area contributed by atoms with E-state index < -0.39 is 0 Å². The molecule has 0 aliphatic carbocycles. The number of nitrogens with one attached hydrogen (secondary N) is 1. The van der Waals surface area contributed by atoms with Crippen molar-refractivity contribution in [1.29, 1.82) is 0 Å². The Hall–Kier alpha value is -1.64. The quantitative estimate of drug-likeness (QED) is 0.651. The van der Waals surface area contributed by atoms with Crippen LogP contribution < -0.4 is 5.32 Å². The van der Waals surface area contributed by atoms with Crippen molar-refractivity contribution >= 4 is 50.6 Å². The second-order valence-electron chi connectivity index (χ2n) is 4.54. The van der Waals surface area contributed by atoms with Crippen molar-refractivity contribution in [2.75, 3.05) is 11.1 Å². The highest BCUT2D eigenvalue weighted by atomic mass is 79.9. The third-order valence-electron chi connectivity index (χ3n) is 2.80. The maximum Gasteiger partial charge on any atom is 0.236 e. The van der Waals surface area contributed by atoms with Gasteiger partial charge in [-0.05, 0) is 35.7 Å². The summed E-state index contributed by atoms with van der Waals surface area (Å²) in [5, 5.41) is 8.74. The van der Waals surface area contributed by atoms with Crippen molar-refractivity contribution in [3.63, 3.8) is 0 Å². The monoisotopic (exact) mass is 409 g/mol. The molecule has 23 heavy (non-hydrogen) atoms. The number of amides is 1. The van der Waals surface area contributed by atoms with Crippen LogP contribution in [0.4, 0.5) is 5.69 Å². The Balaban J connectivity index is 1.46. The molecule has 0 saturated heterocycles. The van der Waals surface area contributed by atoms with Crippen LogP contribution in [0.3, 0.4) is 0 Å². The number of hydrogen-bond acceptors (Lipinski definition) is 6. The van der Waals surface area contributed by atoms with E-state index in [0.29, 0.717) is 23.2 Å². The molecule has 2 heterocycles. The minimum atomic E-state index is -0.0599. The topological polar surface area (TPSA) is 68.0 Å². The summed E-state index contributed by atoms with van der Waals surface area (Å²) in [6, 6.07) is 11.3. The molecule has 0 aliphatic rings. The molecular formula is C15H12BrN3O2S2. The lowest BCUT2D eigenvalue weighted by atomic mass is 10.3. The Morgan fingerprint density at radius 1 is 1.30 bits per heavy atom. The zero-order chi connectivity index (χ0) is 16.1. The van der Waals surface area contributed by atoms with Gasteiger partial charge in [-0.25, -0.2) is 0 Å². The van der Waals surface area contributed by atoms with Crippen LogP contribution in [0.2, 0.25) is 0 Å². The molecule has 0 spiro atoms. The number of anilines is 1. The van der Waals surface area contributed by atoms with Crippen LogP contribution >= 0.6 is 39.0 Å². The lowest BCUT2D eigenvalue weighted by Gasteiger charge is -2.04. The third-order valence-corrected chi connectivity index (χ3v) is 5.11. The third kappa shape index (κ3) is 4.66. The van der Waals surface area contributed by atoms with Gasteiger partial charge >= 0.3 is 0 Å². The molecule has 2 aromatic heterocycles. The summed E-state index contributed by atoms with van der Waals surface area (Å²) in [4.78, 5) is 17.2. The van der Waals surface area contributed by atoms with Gasteiger partial charge in [0.1, 0.15) is 0 Å². The van der Waals surface area contributed by atoms with E-state index in [1.54, 1.807) is 11.3 Å². The molecule has 0 unspecified atom stereocenters. The zero-order valence-electron chi connectivity index (χ0n) is 11.9. The average Bonchev–Trinajstić information content (AvgIpc) is 3.20. The maximum atomic E-state index is 11.9. The van der Waals surface area contributed by atoms with Gasteiger partial charge in [0, 0.05) is 10.2 Å². The van der Waals surface area contributed by atoms with Gasteiger partial charge in [0.2, 0.25) is 17.6 Å². The largest absolute Gasteiger partial charge is 0.338 e. The highest BCUT2D eigenvalue weighted by Crippen LogP contribution is 2.22. The molecule has 0 atom stereocenters. The summed E-state index contributed by atoms with van der Waals surface area (Å²) in [5.41, 5.74) is 0.775. The van der Waals surface area contributed by atoms with E-state index in [4.69, 9.17) is 4.52 Å². The molecule has 0 fully saturated rings. The number of rotatable bonds is 6. The van der Waals surface area contributed by atoms with Gasteiger partial charge in [-0.2, -0.15) is 4.98 Å². The van der Waals surface area contributed by atoms with Crippen molar-refractivity contribution in [2.45, 2.75) is 5.75 Å². The minimum absolute atomic E-state index is 0.0599. The highest BCUT2D eigenvalue weighted by molar-refractivity contribution is 9.10. The number of aromatic nitrogens is 2. The molecule has 8 heteroatoms. The number of thioether (sulfide) groups is 1. The lowest BCUT2D eigenvalue weighted by Crippen LogP contribution is -2.14. The van der Waals surface area contributed by atoms with Gasteiger partial charge < -0.3 is 9.84 Å². The van der Waals surface area contributed by atoms with Crippen LogP contribution in [-0.4, -0.2) is 21.8 Å². The molecule has 5 nitrogen and oxygen atoms in total. The van der Waals surface area contributed by atoms with E-state index >= 15 is 0 Å². The summed E-state index contributed by atoms with van der Waals surface area (Å²) >= 11 is 6.35. The highest BCUT2D eigenvalue weighted by Gasteiger charge is 2.10. The van der Waals surface area contributed by atoms with Crippen molar-refractivity contribution in [3.8, 4) is 10.7 Å². The van der Waals surface area contributed by atoms with E-state index in [1.807, 2.05) is 41.8 Å². The van der Waals surface area contributed by atoms with E-state index in [1.165, 1.54) is 11.8 Å². The fourth-order valence-electron chi connectivity index (χ4n) is 1.78. The van der Waals surface area contributed by atoms with Crippen LogP contribution in [0.15, 0.2) is 50.8 Å². The Kier molecular flexibility index (Phi) is 5.47. The van der Waals surface area contributed by atoms with E-state index in [-0.39, 0.29) is 5.91 Å². The van der Waals surface area contributed by atoms with Gasteiger partial charge in [-0.15, -0.1) is 23.1 Å². The summed E-state index contributed by atoms with van der Waals surface area (Å²) in [6.45, 7) is 0. The first-order valence-corrected chi connectivity index (χ1v) is 9.53. The lowest BCUT2D eigenvalue weighted by molar-refractivity contribution is -0.113. The first-order chi connectivity index (χ1) is 11.2. The van der Waals surface area contributed by atoms with Gasteiger partial charge in [0.05, 0.1) is 16.4 Å². The standard InChI is InChI=1S/C15H12BrN3O2S2/c16-10-3-5-11(6-4-10)17-13(20)8-22-9-14-18-15(19-21-14)12-2-1-7-23-12/h1-7H,8-9H2,(H,17,20). The van der Waals surface area contributed by atoms with Crippen molar-refractivity contribution < 1.29 is 9.32 Å². The number of halogens is 1. The summed E-state index contributed by atoms with van der Waals surface area (Å²) in [5.74, 6) is 1.89. The number of carbonyl (C=O) groups is 1. The second kappa shape index (κ2) is 7.76. The van der Waals surface area contributed by atoms with Gasteiger partial charge in [-0.3, -0.25) is 4.79 Å². The molecule has 3 rings (SSSR count). The predicted octanol–water partition coefficient (Wildman–Crippen LogP) is 4.43. The number of carbonyl (C=O) groups excluding carboxylic acids is 1. The van der Waals surface area contributed by atoms with Crippen molar-refractivity contribution in [3.05, 3.63) is 52.1 Å². The van der Waals surface area contributed by atoms with Crippen molar-refractivity contribution in [1.82, 2.24) is 10.1 Å². The number of nitrogens with zero attached hydrogens (tertiary/aromatic N) is 2. The van der Waals surface area contributed by atoms with Crippen LogP contribution in [0.25, 0.3) is 10.7 Å². The van der Waals surface area contributed by atoms with E-state index in [2.05, 4.69) is 31.4 Å². The Morgan fingerprint density at radius 2 is 2.13 bits per heavy atom. The molecular weight excluding hydrogens is 398 g/mol. The Morgan fingerprint density at radius 3 is 2.87 bits per heavy atom. The molecule has 0 bridgehead atoms. The van der Waals surface area contributed by atoms with Crippen LogP contribution in [-0.2, 0) is 10.5 Å². The predicted molar refractivity (Wildman–Crippen MR) is 96.5 cm³/mol. The van der Waals surface area contributed by atoms with Crippen LogP contribution in [0, 0.1) is 0 Å². The number of thiophene rings is 1. The maximum absolute atomic E-state index is 11.9. The fourth-order valence-corrected chi connectivity index (χ4v) is 3.35. The second-order valence-corrected chi connectivity index (χ2v) is 7.39. The SMILES string of the molecule is O=C(CSCc1nc(-c2cccs2)no1)Nc1ccc(Br)cc1. The molecule has 1 aromatic carbocycles. The molecule has 1 amide bonds. The summed E-state index contributed by atoms with van der Waals surface area (Å²) in [6.07, 6.45) is 0. The van der Waals surface area contributed by atoms with Crippen LogP contribution in [0.5, 0.6) is 0 Å². The number of hydrogen-bond donors (Lipinski definition) is 1. The summed E-state index contributed by atoms with van der Waals surface area (Å²) in [7, 11) is 0. The van der Waals surface area contributed by atoms with E-state index in [0.717, 1.165) is 15.0 Å². The first kappa shape index (κ1) is 16.2. The fraction of sp³-hybridized carbons (Fsp3) is 0.133. The first-order valence-electron chi connectivity index (χ1n) is 6.70. The van der Waals surface area contributed by atoms with Crippen molar-refractivity contribution in [2.24, 2.45) is 0 Å². The zero-order valence-corrected chi connectivity index (χ0v) is 15.1. The van der Waals surface area contributed by atoms with Gasteiger partial charge in [0.25, 0.3) is 0 Å². The van der Waals surface area contributed by atoms with Gasteiger partial charge in [-0.1, -0.05) is 27.2 Å². The van der Waals surface area contributed by atoms with E-state index in [9.17, 15) is 4.79 Å². The van der Waals surface area contributed by atoms with Crippen LogP contribution in [0.1, 0.15) is 5.89 Å². The minimum Gasteiger partial charge on any atom is -0.338 e. The Bertz CT molecular complexity index is 772. The average molecular weight is 410 g/mol. The normalized spacial score (nSPS) is 10.7. The molecule has 118 valence electrons. The summed E-state index contributed by atoms with van der Waals surface area (Å²) < 4.78 is 6.16. The number of benzene rings is 1. The molecule has 0 aliphatic heterocycles. The molecule has 0 radical (unpaired) electrons. The molecule has 0 saturated carbocycles. The Labute approximate surface area is 149 Å². The van der Waals surface area contributed by atoms with Gasteiger partial charge in [0.15, 0.2) is 0 Å². The molecule has 1 N–H and O–H groups in total. The molecule has 3 aromatic rings. The smallest absolute Gasteiger partial charge is 0.236 e.